The molecule has 0 bridgehead atoms. The van der Waals surface area contributed by atoms with Crippen LogP contribution in [0.25, 0.3) is 0 Å². The molecule has 0 fully saturated rings. The lowest BCUT2D eigenvalue weighted by molar-refractivity contribution is 0.0924. The van der Waals surface area contributed by atoms with E-state index in [0.717, 1.165) is 23.4 Å². The maximum atomic E-state index is 12.6. The molecule has 2 aromatic carbocycles. The number of thiazole rings is 1. The molecular weight excluding hydrogens is 348 g/mol. The average molecular weight is 366 g/mol. The van der Waals surface area contributed by atoms with Gasteiger partial charge in [0.2, 0.25) is 0 Å². The number of benzene rings is 2. The zero-order valence-corrected chi connectivity index (χ0v) is 14.9. The molecule has 0 saturated heterocycles. The molecule has 1 amide bonds. The van der Waals surface area contributed by atoms with E-state index in [2.05, 4.69) is 10.3 Å². The molecule has 0 radical (unpaired) electrons. The van der Waals surface area contributed by atoms with Crippen LogP contribution in [0.4, 0.5) is 0 Å². The van der Waals surface area contributed by atoms with Crippen LogP contribution in [0.2, 0.25) is 0 Å². The molecule has 1 atom stereocenters. The number of carbonyl (C=O) groups is 1. The van der Waals surface area contributed by atoms with E-state index in [1.807, 2.05) is 29.6 Å². The monoisotopic (exact) mass is 366 g/mol. The molecule has 1 aliphatic rings. The van der Waals surface area contributed by atoms with Gasteiger partial charge in [-0.2, -0.15) is 0 Å². The molecular formula is C20H18N2O3S. The highest BCUT2D eigenvalue weighted by molar-refractivity contribution is 7.07. The van der Waals surface area contributed by atoms with E-state index in [1.165, 1.54) is 11.3 Å². The fourth-order valence-electron chi connectivity index (χ4n) is 2.90. The second kappa shape index (κ2) is 7.58. The molecule has 1 aliphatic heterocycles. The molecule has 0 aliphatic carbocycles. The first-order valence-corrected chi connectivity index (χ1v) is 9.36. The van der Waals surface area contributed by atoms with Crippen LogP contribution in [0.3, 0.4) is 0 Å². The number of hydrogen-bond acceptors (Lipinski definition) is 5. The first-order valence-electron chi connectivity index (χ1n) is 8.42. The maximum Gasteiger partial charge on any atom is 0.251 e. The van der Waals surface area contributed by atoms with Crippen LogP contribution in [0.5, 0.6) is 11.5 Å². The predicted octanol–water partition coefficient (Wildman–Crippen LogP) is 3.98. The molecule has 6 heteroatoms. The smallest absolute Gasteiger partial charge is 0.251 e. The molecule has 0 saturated carbocycles. The number of para-hydroxylation sites is 1. The minimum Gasteiger partial charge on any atom is -0.493 e. The second-order valence-electron chi connectivity index (χ2n) is 5.99. The van der Waals surface area contributed by atoms with Crippen LogP contribution in [0.15, 0.2) is 59.4 Å². The van der Waals surface area contributed by atoms with Gasteiger partial charge in [-0.1, -0.05) is 18.2 Å². The zero-order chi connectivity index (χ0) is 17.8. The van der Waals surface area contributed by atoms with Crippen LogP contribution in [0.1, 0.15) is 34.1 Å². The summed E-state index contributed by atoms with van der Waals surface area (Å²) in [5.74, 6) is 1.46. The Morgan fingerprint density at radius 1 is 1.23 bits per heavy atom. The number of aromatic nitrogens is 1. The summed E-state index contributed by atoms with van der Waals surface area (Å²) in [5.41, 5.74) is 4.31. The summed E-state index contributed by atoms with van der Waals surface area (Å²) < 4.78 is 11.3. The molecule has 3 aromatic rings. The van der Waals surface area contributed by atoms with Gasteiger partial charge in [0.15, 0.2) is 0 Å². The fraction of sp³-hybridized carbons (Fsp3) is 0.200. The number of hydrogen-bond donors (Lipinski definition) is 1. The summed E-state index contributed by atoms with van der Waals surface area (Å²) in [6.45, 7) is 1.03. The highest BCUT2D eigenvalue weighted by Crippen LogP contribution is 2.31. The van der Waals surface area contributed by atoms with Crippen LogP contribution < -0.4 is 14.8 Å². The Labute approximate surface area is 155 Å². The summed E-state index contributed by atoms with van der Waals surface area (Å²) >= 11 is 1.54. The number of carbonyl (C=O) groups excluding carboxylic acids is 1. The number of fused-ring (bicyclic) bond motifs is 1. The predicted molar refractivity (Wildman–Crippen MR) is 99.6 cm³/mol. The molecule has 5 nitrogen and oxygen atoms in total. The number of rotatable bonds is 5. The SMILES string of the molecule is O=C(N[C@H]1CCOc2ccccc21)c1ccc(OCc2cscn2)cc1. The third kappa shape index (κ3) is 3.70. The molecule has 1 aromatic heterocycles. The van der Waals surface area contributed by atoms with Crippen LogP contribution in [-0.2, 0) is 6.61 Å². The highest BCUT2D eigenvalue weighted by Gasteiger charge is 2.23. The number of ether oxygens (including phenoxy) is 2. The van der Waals surface area contributed by atoms with E-state index in [9.17, 15) is 4.79 Å². The fourth-order valence-corrected chi connectivity index (χ4v) is 3.45. The summed E-state index contributed by atoms with van der Waals surface area (Å²) in [4.78, 5) is 16.8. The van der Waals surface area contributed by atoms with Gasteiger partial charge in [-0.3, -0.25) is 4.79 Å². The minimum atomic E-state index is -0.0993. The standard InChI is InChI=1S/C20H18N2O3S/c23-20(22-18-9-10-24-19-4-2-1-3-17(18)19)14-5-7-16(8-6-14)25-11-15-12-26-13-21-15/h1-8,12-13,18H,9-11H2,(H,22,23)/t18-/m0/s1. The number of nitrogens with zero attached hydrogens (tertiary/aromatic N) is 1. The van der Waals surface area contributed by atoms with Crippen molar-refractivity contribution in [1.29, 1.82) is 0 Å². The highest BCUT2D eigenvalue weighted by atomic mass is 32.1. The van der Waals surface area contributed by atoms with Gasteiger partial charge in [-0.15, -0.1) is 11.3 Å². The third-order valence-electron chi connectivity index (χ3n) is 4.25. The first-order chi connectivity index (χ1) is 12.8. The third-order valence-corrected chi connectivity index (χ3v) is 4.89. The molecule has 132 valence electrons. The molecule has 0 spiro atoms. The van der Waals surface area contributed by atoms with Crippen LogP contribution in [-0.4, -0.2) is 17.5 Å². The summed E-state index contributed by atoms with van der Waals surface area (Å²) in [7, 11) is 0. The Balaban J connectivity index is 1.39. The van der Waals surface area contributed by atoms with E-state index in [-0.39, 0.29) is 11.9 Å². The Morgan fingerprint density at radius 3 is 2.88 bits per heavy atom. The molecule has 4 rings (SSSR count). The van der Waals surface area contributed by atoms with Crippen molar-refractivity contribution in [3.8, 4) is 11.5 Å². The van der Waals surface area contributed by atoms with Crippen LogP contribution >= 0.6 is 11.3 Å². The van der Waals surface area contributed by atoms with E-state index >= 15 is 0 Å². The first kappa shape index (κ1) is 16.6. The Kier molecular flexibility index (Phi) is 4.84. The van der Waals surface area contributed by atoms with Crippen molar-refractivity contribution in [2.24, 2.45) is 0 Å². The molecule has 1 N–H and O–H groups in total. The van der Waals surface area contributed by atoms with Gasteiger partial charge in [0.1, 0.15) is 18.1 Å². The summed E-state index contributed by atoms with van der Waals surface area (Å²) in [5, 5.41) is 5.05. The Hall–Kier alpha value is -2.86. The lowest BCUT2D eigenvalue weighted by atomic mass is 10.00. The second-order valence-corrected chi connectivity index (χ2v) is 6.71. The Morgan fingerprint density at radius 2 is 2.08 bits per heavy atom. The van der Waals surface area contributed by atoms with E-state index in [4.69, 9.17) is 9.47 Å². The van der Waals surface area contributed by atoms with Gasteiger partial charge in [0.05, 0.1) is 23.9 Å². The van der Waals surface area contributed by atoms with E-state index in [1.54, 1.807) is 29.8 Å². The van der Waals surface area contributed by atoms with Crippen molar-refractivity contribution in [2.75, 3.05) is 6.61 Å². The topological polar surface area (TPSA) is 60.5 Å². The van der Waals surface area contributed by atoms with E-state index < -0.39 is 0 Å². The van der Waals surface area contributed by atoms with E-state index in [0.29, 0.717) is 24.5 Å². The van der Waals surface area contributed by atoms with Gasteiger partial charge >= 0.3 is 0 Å². The maximum absolute atomic E-state index is 12.6. The largest absolute Gasteiger partial charge is 0.493 e. The normalized spacial score (nSPS) is 15.6. The lowest BCUT2D eigenvalue weighted by Crippen LogP contribution is -2.32. The number of nitrogens with one attached hydrogen (secondary N) is 1. The zero-order valence-electron chi connectivity index (χ0n) is 14.1. The number of amides is 1. The molecule has 0 unspecified atom stereocenters. The minimum absolute atomic E-state index is 0.0342. The average Bonchev–Trinajstić information content (AvgIpc) is 3.21. The van der Waals surface area contributed by atoms with Crippen LogP contribution in [0, 0.1) is 0 Å². The van der Waals surface area contributed by atoms with Crippen molar-refractivity contribution in [2.45, 2.75) is 19.1 Å². The lowest BCUT2D eigenvalue weighted by Gasteiger charge is -2.26. The Bertz CT molecular complexity index is 878. The van der Waals surface area contributed by atoms with Gasteiger partial charge in [-0.05, 0) is 30.3 Å². The van der Waals surface area contributed by atoms with Crippen molar-refractivity contribution in [1.82, 2.24) is 10.3 Å². The van der Waals surface area contributed by atoms with Gasteiger partial charge < -0.3 is 14.8 Å². The van der Waals surface area contributed by atoms with Gasteiger partial charge in [0, 0.05) is 22.9 Å². The summed E-state index contributed by atoms with van der Waals surface area (Å²) in [6, 6.07) is 14.9. The van der Waals surface area contributed by atoms with Crippen molar-refractivity contribution in [3.63, 3.8) is 0 Å². The quantitative estimate of drug-likeness (QED) is 0.742. The van der Waals surface area contributed by atoms with Crippen molar-refractivity contribution in [3.05, 3.63) is 76.2 Å². The molecule has 2 heterocycles. The molecule has 26 heavy (non-hydrogen) atoms. The van der Waals surface area contributed by atoms with Gasteiger partial charge in [0.25, 0.3) is 5.91 Å². The summed E-state index contributed by atoms with van der Waals surface area (Å²) in [6.07, 6.45) is 0.761. The van der Waals surface area contributed by atoms with Gasteiger partial charge in [-0.25, -0.2) is 4.98 Å². The van der Waals surface area contributed by atoms with Crippen molar-refractivity contribution < 1.29 is 14.3 Å². The van der Waals surface area contributed by atoms with Crippen molar-refractivity contribution >= 4 is 17.2 Å².